The molecule has 14 heavy (non-hydrogen) atoms. The van der Waals surface area contributed by atoms with E-state index in [9.17, 15) is 4.79 Å². The summed E-state index contributed by atoms with van der Waals surface area (Å²) in [5.41, 5.74) is 1.22. The molecule has 2 unspecified atom stereocenters. The quantitative estimate of drug-likeness (QED) is 0.681. The summed E-state index contributed by atoms with van der Waals surface area (Å²) in [7, 11) is 1.92. The Kier molecular flexibility index (Phi) is 2.40. The molecule has 2 rings (SSSR count). The minimum absolute atomic E-state index is 0.393. The topological polar surface area (TPSA) is 34.9 Å². The highest BCUT2D eigenvalue weighted by molar-refractivity contribution is 5.80. The number of carbonyl (C=O) groups excluding carboxylic acids is 1. The van der Waals surface area contributed by atoms with Crippen LogP contribution in [-0.4, -0.2) is 15.6 Å². The summed E-state index contributed by atoms with van der Waals surface area (Å²) >= 11 is 0. The molecular weight excluding hydrogens is 176 g/mol. The molecule has 0 aromatic carbocycles. The number of aryl methyl sites for hydroxylation is 1. The lowest BCUT2D eigenvalue weighted by Gasteiger charge is -2.26. The van der Waals surface area contributed by atoms with Crippen molar-refractivity contribution in [2.24, 2.45) is 13.0 Å². The summed E-state index contributed by atoms with van der Waals surface area (Å²) in [4.78, 5) is 11.4. The summed E-state index contributed by atoms with van der Waals surface area (Å²) in [6.07, 6.45) is 6.41. The molecule has 1 heterocycles. The molecule has 1 aromatic rings. The second kappa shape index (κ2) is 3.56. The van der Waals surface area contributed by atoms with Gasteiger partial charge >= 0.3 is 0 Å². The molecule has 0 aliphatic heterocycles. The first-order valence-corrected chi connectivity index (χ1v) is 5.17. The van der Waals surface area contributed by atoms with Gasteiger partial charge in [-0.05, 0) is 23.8 Å². The summed E-state index contributed by atoms with van der Waals surface area (Å²) in [5.74, 6) is 1.40. The molecule has 1 fully saturated rings. The van der Waals surface area contributed by atoms with Crippen LogP contribution in [0, 0.1) is 5.92 Å². The van der Waals surface area contributed by atoms with E-state index in [1.165, 1.54) is 5.56 Å². The van der Waals surface area contributed by atoms with Crippen LogP contribution in [0.15, 0.2) is 12.4 Å². The average molecular weight is 192 g/mol. The van der Waals surface area contributed by atoms with E-state index < -0.39 is 0 Å². The third-order valence-corrected chi connectivity index (χ3v) is 3.17. The predicted octanol–water partition coefficient (Wildman–Crippen LogP) is 1.89. The van der Waals surface area contributed by atoms with E-state index >= 15 is 0 Å². The molecule has 3 heteroatoms. The van der Waals surface area contributed by atoms with E-state index in [0.717, 1.165) is 12.8 Å². The fourth-order valence-electron chi connectivity index (χ4n) is 2.22. The van der Waals surface area contributed by atoms with Crippen molar-refractivity contribution in [3.05, 3.63) is 18.0 Å². The van der Waals surface area contributed by atoms with Crippen molar-refractivity contribution in [1.29, 1.82) is 0 Å². The second-order valence-corrected chi connectivity index (χ2v) is 4.31. The number of carbonyl (C=O) groups is 1. The van der Waals surface area contributed by atoms with Gasteiger partial charge in [-0.2, -0.15) is 5.10 Å². The van der Waals surface area contributed by atoms with Crippen molar-refractivity contribution < 1.29 is 4.79 Å². The Hall–Kier alpha value is -1.12. The predicted molar refractivity (Wildman–Crippen MR) is 54.0 cm³/mol. The summed E-state index contributed by atoms with van der Waals surface area (Å²) in [6, 6.07) is 0. The number of rotatable bonds is 1. The Labute approximate surface area is 84.1 Å². The molecule has 1 aromatic heterocycles. The number of aromatic nitrogens is 2. The van der Waals surface area contributed by atoms with Gasteiger partial charge in [0.1, 0.15) is 5.78 Å². The van der Waals surface area contributed by atoms with E-state index in [4.69, 9.17) is 0 Å². The van der Waals surface area contributed by atoms with E-state index in [-0.39, 0.29) is 0 Å². The third kappa shape index (κ3) is 1.72. The maximum Gasteiger partial charge on any atom is 0.133 e. The number of ketones is 1. The second-order valence-electron chi connectivity index (χ2n) is 4.31. The van der Waals surface area contributed by atoms with Crippen LogP contribution >= 0.6 is 0 Å². The summed E-state index contributed by atoms with van der Waals surface area (Å²) in [6.45, 7) is 2.23. The van der Waals surface area contributed by atoms with Gasteiger partial charge in [0, 0.05) is 26.1 Å². The van der Waals surface area contributed by atoms with Crippen LogP contribution in [0.2, 0.25) is 0 Å². The zero-order chi connectivity index (χ0) is 10.1. The molecule has 0 saturated heterocycles. The Morgan fingerprint density at radius 3 is 3.00 bits per heavy atom. The van der Waals surface area contributed by atoms with Crippen molar-refractivity contribution in [2.75, 3.05) is 0 Å². The molecule has 0 radical (unpaired) electrons. The van der Waals surface area contributed by atoms with Crippen molar-refractivity contribution in [3.8, 4) is 0 Å². The van der Waals surface area contributed by atoms with E-state index in [1.807, 2.05) is 19.4 Å². The Morgan fingerprint density at radius 2 is 2.36 bits per heavy atom. The molecule has 1 aliphatic carbocycles. The molecule has 0 spiro atoms. The summed E-state index contributed by atoms with van der Waals surface area (Å²) < 4.78 is 1.81. The molecular formula is C11H16N2O. The Morgan fingerprint density at radius 1 is 1.57 bits per heavy atom. The van der Waals surface area contributed by atoms with Gasteiger partial charge in [0.15, 0.2) is 0 Å². The number of nitrogens with zero attached hydrogens (tertiary/aromatic N) is 2. The molecule has 2 atom stereocenters. The molecule has 0 bridgehead atoms. The zero-order valence-electron chi connectivity index (χ0n) is 8.73. The molecule has 0 N–H and O–H groups in total. The van der Waals surface area contributed by atoms with Crippen LogP contribution < -0.4 is 0 Å². The highest BCUT2D eigenvalue weighted by atomic mass is 16.1. The summed E-state index contributed by atoms with van der Waals surface area (Å²) in [5, 5.41) is 4.16. The van der Waals surface area contributed by atoms with Crippen LogP contribution in [-0.2, 0) is 11.8 Å². The molecule has 0 amide bonds. The first kappa shape index (κ1) is 9.44. The molecule has 3 nitrogen and oxygen atoms in total. The fourth-order valence-corrected chi connectivity index (χ4v) is 2.22. The highest BCUT2D eigenvalue weighted by Crippen LogP contribution is 2.35. The van der Waals surface area contributed by atoms with Crippen molar-refractivity contribution in [3.63, 3.8) is 0 Å². The standard InChI is InChI=1S/C11H16N2O/c1-8-3-4-10(14)5-11(8)9-6-12-13(2)7-9/h6-8,11H,3-5H2,1-2H3. The van der Waals surface area contributed by atoms with E-state index in [0.29, 0.717) is 24.0 Å². The number of Topliss-reactive ketones (excluding diaryl/α,β-unsaturated/α-hetero) is 1. The van der Waals surface area contributed by atoms with E-state index in [1.54, 1.807) is 4.68 Å². The van der Waals surface area contributed by atoms with Crippen LogP contribution in [0.5, 0.6) is 0 Å². The van der Waals surface area contributed by atoms with Crippen LogP contribution in [0.25, 0.3) is 0 Å². The minimum Gasteiger partial charge on any atom is -0.300 e. The minimum atomic E-state index is 0.393. The van der Waals surface area contributed by atoms with Gasteiger partial charge in [0.05, 0.1) is 6.20 Å². The lowest BCUT2D eigenvalue weighted by molar-refractivity contribution is -0.121. The number of hydrogen-bond donors (Lipinski definition) is 0. The monoisotopic (exact) mass is 192 g/mol. The molecule has 1 saturated carbocycles. The van der Waals surface area contributed by atoms with Gasteiger partial charge in [0.25, 0.3) is 0 Å². The normalized spacial score (nSPS) is 28.0. The maximum atomic E-state index is 11.4. The lowest BCUT2D eigenvalue weighted by atomic mass is 9.77. The highest BCUT2D eigenvalue weighted by Gasteiger charge is 2.28. The van der Waals surface area contributed by atoms with Gasteiger partial charge in [-0.3, -0.25) is 9.48 Å². The third-order valence-electron chi connectivity index (χ3n) is 3.17. The number of hydrogen-bond acceptors (Lipinski definition) is 2. The van der Waals surface area contributed by atoms with Crippen LogP contribution in [0.1, 0.15) is 37.7 Å². The van der Waals surface area contributed by atoms with Crippen molar-refractivity contribution >= 4 is 5.78 Å². The zero-order valence-corrected chi connectivity index (χ0v) is 8.73. The van der Waals surface area contributed by atoms with Crippen LogP contribution in [0.3, 0.4) is 0 Å². The van der Waals surface area contributed by atoms with Crippen LogP contribution in [0.4, 0.5) is 0 Å². The van der Waals surface area contributed by atoms with Gasteiger partial charge < -0.3 is 0 Å². The molecule has 76 valence electrons. The molecule has 1 aliphatic rings. The van der Waals surface area contributed by atoms with Gasteiger partial charge in [-0.1, -0.05) is 6.92 Å². The fraction of sp³-hybridized carbons (Fsp3) is 0.636. The van der Waals surface area contributed by atoms with E-state index in [2.05, 4.69) is 12.0 Å². The van der Waals surface area contributed by atoms with Crippen molar-refractivity contribution in [2.45, 2.75) is 32.1 Å². The van der Waals surface area contributed by atoms with Gasteiger partial charge in [-0.25, -0.2) is 0 Å². The van der Waals surface area contributed by atoms with Crippen molar-refractivity contribution in [1.82, 2.24) is 9.78 Å². The maximum absolute atomic E-state index is 11.4. The smallest absolute Gasteiger partial charge is 0.133 e. The SMILES string of the molecule is CC1CCC(=O)CC1c1cnn(C)c1. The average Bonchev–Trinajstić information content (AvgIpc) is 2.56. The first-order valence-electron chi connectivity index (χ1n) is 5.17. The first-order chi connectivity index (χ1) is 6.66. The Balaban J connectivity index is 2.19. The van der Waals surface area contributed by atoms with Gasteiger partial charge in [-0.15, -0.1) is 0 Å². The Bertz CT molecular complexity index is 343. The lowest BCUT2D eigenvalue weighted by Crippen LogP contribution is -2.20. The van der Waals surface area contributed by atoms with Gasteiger partial charge in [0.2, 0.25) is 0 Å². The largest absolute Gasteiger partial charge is 0.300 e.